The van der Waals surface area contributed by atoms with E-state index in [4.69, 9.17) is 0 Å². The fourth-order valence-electron chi connectivity index (χ4n) is 6.42. The van der Waals surface area contributed by atoms with Crippen LogP contribution in [-0.2, 0) is 16.2 Å². The average Bonchev–Trinajstić information content (AvgIpc) is 3.25. The first-order valence-electron chi connectivity index (χ1n) is 12.7. The monoisotopic (exact) mass is 520 g/mol. The molecule has 0 heterocycles. The molecule has 1 spiro atoms. The second-order valence-corrected chi connectivity index (χ2v) is 13.3. The normalized spacial score (nSPS) is 17.8. The predicted molar refractivity (Wildman–Crippen MR) is 153 cm³/mol. The van der Waals surface area contributed by atoms with E-state index in [0.717, 1.165) is 0 Å². The molecule has 4 aromatic rings. The molecular weight excluding hydrogens is 488 g/mol. The van der Waals surface area contributed by atoms with Crippen molar-refractivity contribution in [2.45, 2.75) is 64.7 Å². The molecule has 176 valence electrons. The maximum atomic E-state index is 3.93. The average molecular weight is 522 g/mol. The van der Waals surface area contributed by atoms with Gasteiger partial charge in [-0.05, 0) is 79.5 Å². The second kappa shape index (κ2) is 7.20. The van der Waals surface area contributed by atoms with Crippen LogP contribution >= 0.6 is 15.9 Å². The van der Waals surface area contributed by atoms with Gasteiger partial charge in [-0.1, -0.05) is 124 Å². The molecule has 0 aromatic heterocycles. The Hall–Kier alpha value is -2.64. The van der Waals surface area contributed by atoms with Gasteiger partial charge < -0.3 is 0 Å². The lowest BCUT2D eigenvalue weighted by Crippen LogP contribution is -2.27. The molecule has 0 radical (unpaired) electrons. The Morgan fingerprint density at radius 1 is 0.571 bits per heavy atom. The van der Waals surface area contributed by atoms with Crippen molar-refractivity contribution in [1.29, 1.82) is 0 Å². The Balaban J connectivity index is 1.85. The lowest BCUT2D eigenvalue weighted by Gasteiger charge is -2.33. The molecule has 0 nitrogen and oxygen atoms in total. The molecule has 35 heavy (non-hydrogen) atoms. The first kappa shape index (κ1) is 22.8. The lowest BCUT2D eigenvalue weighted by molar-refractivity contribution is 0.586. The smallest absolute Gasteiger partial charge is 0.0619 e. The zero-order chi connectivity index (χ0) is 24.9. The first-order chi connectivity index (χ1) is 16.5. The van der Waals surface area contributed by atoms with Gasteiger partial charge in [-0.25, -0.2) is 0 Å². The molecule has 0 saturated heterocycles. The Bertz CT molecular complexity index is 1520. The van der Waals surface area contributed by atoms with Crippen molar-refractivity contribution in [3.05, 3.63) is 116 Å². The predicted octanol–water partition coefficient (Wildman–Crippen LogP) is 9.70. The number of hydrogen-bond acceptors (Lipinski definition) is 0. The summed E-state index contributed by atoms with van der Waals surface area (Å²) in [6.45, 7) is 16.2. The summed E-state index contributed by atoms with van der Waals surface area (Å²) in [5, 5.41) is 0. The van der Waals surface area contributed by atoms with E-state index in [2.05, 4.69) is 137 Å². The van der Waals surface area contributed by atoms with Gasteiger partial charge in [-0.2, -0.15) is 0 Å². The van der Waals surface area contributed by atoms with Gasteiger partial charge in [0.15, 0.2) is 0 Å². The quantitative estimate of drug-likeness (QED) is 0.187. The number of rotatable bonds is 0. The number of halogens is 1. The van der Waals surface area contributed by atoms with Crippen LogP contribution in [0.2, 0.25) is 0 Å². The highest BCUT2D eigenvalue weighted by molar-refractivity contribution is 9.10. The molecule has 2 aliphatic rings. The highest BCUT2D eigenvalue weighted by Crippen LogP contribution is 2.64. The highest BCUT2D eigenvalue weighted by atomic mass is 79.9. The third kappa shape index (κ3) is 2.97. The topological polar surface area (TPSA) is 0 Å². The van der Waals surface area contributed by atoms with Crippen molar-refractivity contribution in [2.24, 2.45) is 0 Å². The van der Waals surface area contributed by atoms with Gasteiger partial charge in [0, 0.05) is 10.0 Å². The number of aryl methyl sites for hydroxylation is 1. The zero-order valence-corrected chi connectivity index (χ0v) is 23.4. The van der Waals surface area contributed by atoms with Crippen LogP contribution in [0.3, 0.4) is 0 Å². The minimum atomic E-state index is -0.312. The third-order valence-corrected chi connectivity index (χ3v) is 8.84. The summed E-state index contributed by atoms with van der Waals surface area (Å²) in [6.07, 6.45) is 0. The van der Waals surface area contributed by atoms with E-state index in [1.165, 1.54) is 65.7 Å². The van der Waals surface area contributed by atoms with Crippen molar-refractivity contribution in [3.63, 3.8) is 0 Å². The summed E-state index contributed by atoms with van der Waals surface area (Å²) >= 11 is 3.93. The van der Waals surface area contributed by atoms with Crippen molar-refractivity contribution >= 4 is 15.9 Å². The van der Waals surface area contributed by atoms with E-state index in [9.17, 15) is 0 Å². The summed E-state index contributed by atoms with van der Waals surface area (Å²) in [5.74, 6) is 0. The summed E-state index contributed by atoms with van der Waals surface area (Å²) < 4.78 is 1.17. The van der Waals surface area contributed by atoms with Gasteiger partial charge in [0.2, 0.25) is 0 Å². The number of benzene rings is 4. The zero-order valence-electron chi connectivity index (χ0n) is 21.8. The SMILES string of the molecule is Cc1cc(C(C)(C)C)cc2c1-c1ccc(C(C)(C)C)cc1C21c2ccccc2-c2c(Br)cccc21. The van der Waals surface area contributed by atoms with Crippen LogP contribution < -0.4 is 0 Å². The van der Waals surface area contributed by atoms with Crippen LogP contribution in [0.4, 0.5) is 0 Å². The van der Waals surface area contributed by atoms with Crippen LogP contribution in [-0.4, -0.2) is 0 Å². The van der Waals surface area contributed by atoms with Gasteiger partial charge in [0.05, 0.1) is 5.41 Å². The molecule has 1 heteroatoms. The van der Waals surface area contributed by atoms with Gasteiger partial charge in [0.25, 0.3) is 0 Å². The van der Waals surface area contributed by atoms with E-state index in [1.807, 2.05) is 0 Å². The molecular formula is C34H33Br. The molecule has 2 aliphatic carbocycles. The van der Waals surface area contributed by atoms with E-state index < -0.39 is 0 Å². The molecule has 4 aromatic carbocycles. The summed E-state index contributed by atoms with van der Waals surface area (Å²) in [4.78, 5) is 0. The Morgan fingerprint density at radius 3 is 1.91 bits per heavy atom. The minimum absolute atomic E-state index is 0.0740. The molecule has 1 atom stereocenters. The standard InChI is InChI=1S/C34H33Br/c1-20-17-22(33(5,6)7)19-28-30(20)24-16-15-21(32(2,3)4)18-27(24)34(28)25-12-9-8-11-23(25)31-26(34)13-10-14-29(31)35/h8-19H,1-7H3. The molecule has 1 unspecified atom stereocenters. The van der Waals surface area contributed by atoms with Crippen molar-refractivity contribution in [1.82, 2.24) is 0 Å². The van der Waals surface area contributed by atoms with Crippen molar-refractivity contribution in [2.75, 3.05) is 0 Å². The molecule has 6 rings (SSSR count). The van der Waals surface area contributed by atoms with Crippen LogP contribution in [0.1, 0.15) is 80.5 Å². The van der Waals surface area contributed by atoms with E-state index in [1.54, 1.807) is 0 Å². The van der Waals surface area contributed by atoms with Gasteiger partial charge >= 0.3 is 0 Å². The second-order valence-electron chi connectivity index (χ2n) is 12.4. The largest absolute Gasteiger partial charge is 0.0726 e. The van der Waals surface area contributed by atoms with Crippen molar-refractivity contribution < 1.29 is 0 Å². The highest BCUT2D eigenvalue weighted by Gasteiger charge is 2.53. The number of hydrogen-bond donors (Lipinski definition) is 0. The Kier molecular flexibility index (Phi) is 4.69. The molecule has 0 saturated carbocycles. The number of fused-ring (bicyclic) bond motifs is 10. The van der Waals surface area contributed by atoms with E-state index >= 15 is 0 Å². The molecule has 0 N–H and O–H groups in total. The molecule has 0 fully saturated rings. The van der Waals surface area contributed by atoms with Crippen LogP contribution in [0.15, 0.2) is 77.3 Å². The van der Waals surface area contributed by atoms with Gasteiger partial charge in [0.1, 0.15) is 0 Å². The molecule has 0 amide bonds. The molecule has 0 bridgehead atoms. The Morgan fingerprint density at radius 2 is 1.20 bits per heavy atom. The summed E-state index contributed by atoms with van der Waals surface area (Å²) in [5.41, 5.74) is 15.1. The first-order valence-corrected chi connectivity index (χ1v) is 13.4. The van der Waals surface area contributed by atoms with Crippen molar-refractivity contribution in [3.8, 4) is 22.3 Å². The fourth-order valence-corrected chi connectivity index (χ4v) is 7.00. The summed E-state index contributed by atoms with van der Waals surface area (Å²) in [7, 11) is 0. The van der Waals surface area contributed by atoms with E-state index in [0.29, 0.717) is 0 Å². The maximum absolute atomic E-state index is 3.93. The van der Waals surface area contributed by atoms with Gasteiger partial charge in [-0.3, -0.25) is 0 Å². The van der Waals surface area contributed by atoms with E-state index in [-0.39, 0.29) is 16.2 Å². The lowest BCUT2D eigenvalue weighted by atomic mass is 9.68. The van der Waals surface area contributed by atoms with Crippen LogP contribution in [0.25, 0.3) is 22.3 Å². The van der Waals surface area contributed by atoms with Crippen LogP contribution in [0, 0.1) is 6.92 Å². The Labute approximate surface area is 218 Å². The van der Waals surface area contributed by atoms with Gasteiger partial charge in [-0.15, -0.1) is 0 Å². The molecule has 0 aliphatic heterocycles. The maximum Gasteiger partial charge on any atom is 0.0726 e. The van der Waals surface area contributed by atoms with Crippen LogP contribution in [0.5, 0.6) is 0 Å². The third-order valence-electron chi connectivity index (χ3n) is 8.18. The fraction of sp³-hybridized carbons (Fsp3) is 0.294. The minimum Gasteiger partial charge on any atom is -0.0619 e. The summed E-state index contributed by atoms with van der Waals surface area (Å²) in [6, 6.07) is 28.0.